The van der Waals surface area contributed by atoms with Crippen LogP contribution in [0.1, 0.15) is 31.2 Å². The third-order valence-electron chi connectivity index (χ3n) is 5.05. The molecule has 1 saturated heterocycles. The smallest absolute Gasteiger partial charge is 0.244 e. The maximum atomic E-state index is 12.5. The fourth-order valence-electron chi connectivity index (χ4n) is 3.14. The van der Waals surface area contributed by atoms with Gasteiger partial charge in [0.05, 0.1) is 6.54 Å². The predicted molar refractivity (Wildman–Crippen MR) is 105 cm³/mol. The number of nitrogens with zero attached hydrogens (tertiary/aromatic N) is 6. The van der Waals surface area contributed by atoms with Crippen LogP contribution >= 0.6 is 0 Å². The summed E-state index contributed by atoms with van der Waals surface area (Å²) in [4.78, 5) is 16.6. The third-order valence-corrected chi connectivity index (χ3v) is 5.05. The molecule has 0 saturated carbocycles. The maximum Gasteiger partial charge on any atom is 0.244 e. The summed E-state index contributed by atoms with van der Waals surface area (Å²) in [6.45, 7) is 5.84. The van der Waals surface area contributed by atoms with Gasteiger partial charge in [0.15, 0.2) is 5.82 Å². The molecule has 7 heteroatoms. The van der Waals surface area contributed by atoms with Gasteiger partial charge in [0.2, 0.25) is 5.91 Å². The quantitative estimate of drug-likeness (QED) is 0.748. The molecule has 144 valence electrons. The van der Waals surface area contributed by atoms with Gasteiger partial charge in [-0.15, -0.1) is 5.10 Å². The van der Waals surface area contributed by atoms with Gasteiger partial charge in [-0.05, 0) is 47.8 Å². The van der Waals surface area contributed by atoms with E-state index in [0.29, 0.717) is 13.1 Å². The Kier molecular flexibility index (Phi) is 6.70. The molecule has 0 atom stereocenters. The Bertz CT molecular complexity index is 749. The minimum atomic E-state index is -0.00599. The Morgan fingerprint density at radius 3 is 2.74 bits per heavy atom. The second-order valence-corrected chi connectivity index (χ2v) is 7.30. The van der Waals surface area contributed by atoms with E-state index in [1.807, 2.05) is 42.5 Å². The molecule has 1 fully saturated rings. The van der Waals surface area contributed by atoms with E-state index >= 15 is 0 Å². The Morgan fingerprint density at radius 2 is 2.00 bits per heavy atom. The molecule has 3 rings (SSSR count). The van der Waals surface area contributed by atoms with Crippen molar-refractivity contribution in [2.24, 2.45) is 5.92 Å². The first-order valence-electron chi connectivity index (χ1n) is 9.55. The van der Waals surface area contributed by atoms with Gasteiger partial charge >= 0.3 is 0 Å². The molecule has 1 aliphatic rings. The van der Waals surface area contributed by atoms with Crippen molar-refractivity contribution in [1.29, 1.82) is 0 Å². The lowest BCUT2D eigenvalue weighted by molar-refractivity contribution is -0.130. The number of amides is 1. The number of aromatic nitrogens is 4. The van der Waals surface area contributed by atoms with Crippen molar-refractivity contribution in [2.45, 2.75) is 32.9 Å². The highest BCUT2D eigenvalue weighted by Gasteiger charge is 2.19. The zero-order valence-electron chi connectivity index (χ0n) is 16.2. The minimum Gasteiger partial charge on any atom is -0.340 e. The van der Waals surface area contributed by atoms with E-state index in [0.717, 1.165) is 30.4 Å². The second kappa shape index (κ2) is 9.41. The SMILES string of the molecule is CC1CCN(Cc2nnnn2CC(=O)N(C)C/C=C/c2ccccc2)CC1. The molecular weight excluding hydrogens is 340 g/mol. The normalized spacial score (nSPS) is 16.1. The molecule has 1 aromatic carbocycles. The number of hydrogen-bond acceptors (Lipinski definition) is 5. The standard InChI is InChI=1S/C20H28N6O/c1-17-10-13-25(14-11-17)15-19-21-22-23-26(19)16-20(27)24(2)12-6-9-18-7-4-3-5-8-18/h3-9,17H,10-16H2,1-2H3/b9-6+. The number of hydrogen-bond donors (Lipinski definition) is 0. The van der Waals surface area contributed by atoms with E-state index in [1.54, 1.807) is 16.6 Å². The highest BCUT2D eigenvalue weighted by Crippen LogP contribution is 2.17. The maximum absolute atomic E-state index is 12.5. The lowest BCUT2D eigenvalue weighted by atomic mass is 9.99. The summed E-state index contributed by atoms with van der Waals surface area (Å²) in [7, 11) is 1.80. The van der Waals surface area contributed by atoms with E-state index in [1.165, 1.54) is 12.8 Å². The van der Waals surface area contributed by atoms with Crippen LogP contribution in [-0.2, 0) is 17.9 Å². The van der Waals surface area contributed by atoms with E-state index in [2.05, 4.69) is 27.3 Å². The highest BCUT2D eigenvalue weighted by molar-refractivity contribution is 5.75. The molecule has 0 unspecified atom stereocenters. The molecule has 0 aliphatic carbocycles. The first-order valence-corrected chi connectivity index (χ1v) is 9.55. The number of tetrazole rings is 1. The molecular formula is C20H28N6O. The zero-order chi connectivity index (χ0) is 19.1. The molecule has 1 aromatic heterocycles. The average molecular weight is 368 g/mol. The van der Waals surface area contributed by atoms with Gasteiger partial charge in [-0.3, -0.25) is 9.69 Å². The van der Waals surface area contributed by atoms with Crippen LogP contribution in [-0.4, -0.2) is 62.6 Å². The van der Waals surface area contributed by atoms with Gasteiger partial charge in [0.25, 0.3) is 0 Å². The number of benzene rings is 1. The topological polar surface area (TPSA) is 67.2 Å². The van der Waals surface area contributed by atoms with Crippen LogP contribution in [0.5, 0.6) is 0 Å². The van der Waals surface area contributed by atoms with Crippen LogP contribution in [0.2, 0.25) is 0 Å². The Balaban J connectivity index is 1.50. The van der Waals surface area contributed by atoms with Crippen LogP contribution in [0.4, 0.5) is 0 Å². The number of carbonyl (C=O) groups is 1. The van der Waals surface area contributed by atoms with E-state index in [-0.39, 0.29) is 12.5 Å². The summed E-state index contributed by atoms with van der Waals surface area (Å²) in [5.74, 6) is 1.54. The van der Waals surface area contributed by atoms with Gasteiger partial charge < -0.3 is 4.90 Å². The molecule has 1 aliphatic heterocycles. The van der Waals surface area contributed by atoms with Gasteiger partial charge in [0.1, 0.15) is 6.54 Å². The van der Waals surface area contributed by atoms with E-state index in [9.17, 15) is 4.79 Å². The number of piperidine rings is 1. The summed E-state index contributed by atoms with van der Waals surface area (Å²) in [6.07, 6.45) is 6.42. The van der Waals surface area contributed by atoms with Gasteiger partial charge in [0, 0.05) is 13.6 Å². The fourth-order valence-corrected chi connectivity index (χ4v) is 3.14. The highest BCUT2D eigenvalue weighted by atomic mass is 16.2. The summed E-state index contributed by atoms with van der Waals surface area (Å²) >= 11 is 0. The summed E-state index contributed by atoms with van der Waals surface area (Å²) < 4.78 is 1.62. The second-order valence-electron chi connectivity index (χ2n) is 7.30. The average Bonchev–Trinajstić information content (AvgIpc) is 3.11. The van der Waals surface area contributed by atoms with Crippen molar-refractivity contribution in [3.63, 3.8) is 0 Å². The number of rotatable bonds is 7. The third kappa shape index (κ3) is 5.72. The van der Waals surface area contributed by atoms with Crippen molar-refractivity contribution in [3.05, 3.63) is 47.8 Å². The molecule has 7 nitrogen and oxygen atoms in total. The Morgan fingerprint density at radius 1 is 1.26 bits per heavy atom. The molecule has 0 bridgehead atoms. The molecule has 0 spiro atoms. The first kappa shape index (κ1) is 19.2. The van der Waals surface area contributed by atoms with Crippen LogP contribution in [0.25, 0.3) is 6.08 Å². The molecule has 27 heavy (non-hydrogen) atoms. The monoisotopic (exact) mass is 368 g/mol. The zero-order valence-corrected chi connectivity index (χ0v) is 16.2. The van der Waals surface area contributed by atoms with Crippen LogP contribution in [0.15, 0.2) is 36.4 Å². The van der Waals surface area contributed by atoms with Gasteiger partial charge in [-0.1, -0.05) is 49.4 Å². The number of likely N-dealkylation sites (tertiary alicyclic amines) is 1. The van der Waals surface area contributed by atoms with Crippen LogP contribution in [0, 0.1) is 5.92 Å². The Labute approximate surface area is 160 Å². The first-order chi connectivity index (χ1) is 13.1. The van der Waals surface area contributed by atoms with E-state index < -0.39 is 0 Å². The van der Waals surface area contributed by atoms with Crippen molar-refractivity contribution in [1.82, 2.24) is 30.0 Å². The number of likely N-dealkylation sites (N-methyl/N-ethyl adjacent to an activating group) is 1. The largest absolute Gasteiger partial charge is 0.340 e. The van der Waals surface area contributed by atoms with E-state index in [4.69, 9.17) is 0 Å². The van der Waals surface area contributed by atoms with Crippen LogP contribution in [0.3, 0.4) is 0 Å². The minimum absolute atomic E-state index is 0.00599. The molecule has 2 heterocycles. The predicted octanol–water partition coefficient (Wildman–Crippen LogP) is 2.08. The van der Waals surface area contributed by atoms with Gasteiger partial charge in [-0.2, -0.15) is 0 Å². The lowest BCUT2D eigenvalue weighted by Crippen LogP contribution is -2.35. The molecule has 2 aromatic rings. The van der Waals surface area contributed by atoms with Crippen molar-refractivity contribution < 1.29 is 4.79 Å². The lowest BCUT2D eigenvalue weighted by Gasteiger charge is -2.29. The Hall–Kier alpha value is -2.54. The van der Waals surface area contributed by atoms with Crippen molar-refractivity contribution in [3.8, 4) is 0 Å². The van der Waals surface area contributed by atoms with Gasteiger partial charge in [-0.25, -0.2) is 4.68 Å². The van der Waals surface area contributed by atoms with Crippen molar-refractivity contribution >= 4 is 12.0 Å². The molecule has 0 radical (unpaired) electrons. The van der Waals surface area contributed by atoms with Crippen LogP contribution < -0.4 is 0 Å². The summed E-state index contributed by atoms with van der Waals surface area (Å²) in [5, 5.41) is 11.9. The number of carbonyl (C=O) groups excluding carboxylic acids is 1. The summed E-state index contributed by atoms with van der Waals surface area (Å²) in [5.41, 5.74) is 1.12. The van der Waals surface area contributed by atoms with Crippen molar-refractivity contribution in [2.75, 3.05) is 26.7 Å². The summed E-state index contributed by atoms with van der Waals surface area (Å²) in [6, 6.07) is 10.1. The molecule has 1 amide bonds. The molecule has 0 N–H and O–H groups in total. The fraction of sp³-hybridized carbons (Fsp3) is 0.500.